The maximum Gasteiger partial charge on any atom is 0.0381 e. The van der Waals surface area contributed by atoms with E-state index in [1.807, 2.05) is 6.92 Å². The molecule has 16 heavy (non-hydrogen) atoms. The zero-order chi connectivity index (χ0) is 11.4. The van der Waals surface area contributed by atoms with E-state index in [-0.39, 0.29) is 0 Å². The van der Waals surface area contributed by atoms with Gasteiger partial charge in [0.25, 0.3) is 0 Å². The summed E-state index contributed by atoms with van der Waals surface area (Å²) in [4.78, 5) is 0. The Morgan fingerprint density at radius 1 is 1.12 bits per heavy atom. The van der Waals surface area contributed by atoms with E-state index in [0.29, 0.717) is 0 Å². The van der Waals surface area contributed by atoms with Crippen LogP contribution in [0.15, 0.2) is 36.5 Å². The Hall–Kier alpha value is -1.24. The zero-order valence-electron chi connectivity index (χ0n) is 10.1. The van der Waals surface area contributed by atoms with Crippen LogP contribution in [-0.4, -0.2) is 0 Å². The molecule has 1 aliphatic rings. The minimum absolute atomic E-state index is 0.799. The summed E-state index contributed by atoms with van der Waals surface area (Å²) in [5.74, 6) is 0.799. The molecule has 0 unspecified atom stereocenters. The van der Waals surface area contributed by atoms with Gasteiger partial charge in [-0.15, -0.1) is 0 Å². The van der Waals surface area contributed by atoms with Gasteiger partial charge in [-0.2, -0.15) is 0 Å². The molecule has 0 heterocycles. The first-order valence-electron chi connectivity index (χ1n) is 6.28. The van der Waals surface area contributed by atoms with Gasteiger partial charge in [0.05, 0.1) is 0 Å². The number of rotatable bonds is 3. The lowest BCUT2D eigenvalue weighted by Crippen LogP contribution is -2.04. The van der Waals surface area contributed by atoms with Gasteiger partial charge in [-0.1, -0.05) is 38.0 Å². The van der Waals surface area contributed by atoms with Crippen LogP contribution in [0.5, 0.6) is 0 Å². The first-order chi connectivity index (χ1) is 7.75. The number of hydrogen-bond acceptors (Lipinski definition) is 1. The van der Waals surface area contributed by atoms with Crippen LogP contribution < -0.4 is 5.32 Å². The van der Waals surface area contributed by atoms with Crippen molar-refractivity contribution in [2.45, 2.75) is 44.9 Å². The van der Waals surface area contributed by atoms with Crippen molar-refractivity contribution in [3.63, 3.8) is 0 Å². The van der Waals surface area contributed by atoms with Crippen molar-refractivity contribution in [3.8, 4) is 0 Å². The topological polar surface area (TPSA) is 12.0 Å². The molecule has 0 aliphatic heterocycles. The van der Waals surface area contributed by atoms with Gasteiger partial charge < -0.3 is 5.32 Å². The van der Waals surface area contributed by atoms with Crippen LogP contribution in [0.2, 0.25) is 0 Å². The highest BCUT2D eigenvalue weighted by atomic mass is 14.9. The third-order valence-electron chi connectivity index (χ3n) is 3.34. The number of allylic oxidation sites excluding steroid dienone is 1. The second kappa shape index (κ2) is 5.20. The first-order valence-corrected chi connectivity index (χ1v) is 6.28. The second-order valence-electron chi connectivity index (χ2n) is 4.86. The number of nitrogens with one attached hydrogen (secondary N) is 1. The maximum absolute atomic E-state index is 3.85. The molecule has 1 aromatic carbocycles. The van der Waals surface area contributed by atoms with Gasteiger partial charge in [-0.25, -0.2) is 0 Å². The summed E-state index contributed by atoms with van der Waals surface area (Å²) in [6.45, 7) is 5.83. The molecule has 0 spiro atoms. The van der Waals surface area contributed by atoms with Gasteiger partial charge in [0.15, 0.2) is 0 Å². The maximum atomic E-state index is 3.85. The van der Waals surface area contributed by atoms with Gasteiger partial charge in [0.1, 0.15) is 0 Å². The third-order valence-corrected chi connectivity index (χ3v) is 3.34. The summed E-state index contributed by atoms with van der Waals surface area (Å²) in [6.07, 6.45) is 6.96. The smallest absolute Gasteiger partial charge is 0.0381 e. The van der Waals surface area contributed by atoms with Crippen LogP contribution in [0.25, 0.3) is 0 Å². The average Bonchev–Trinajstić information content (AvgIpc) is 2.30. The molecule has 0 saturated heterocycles. The highest BCUT2D eigenvalue weighted by Crippen LogP contribution is 2.32. The molecule has 1 heteroatoms. The van der Waals surface area contributed by atoms with E-state index in [1.165, 1.54) is 37.7 Å². The molecule has 1 nitrogen and oxygen atoms in total. The molecular formula is C15H21N. The fourth-order valence-electron chi connectivity index (χ4n) is 2.52. The van der Waals surface area contributed by atoms with Crippen molar-refractivity contribution in [3.05, 3.63) is 42.1 Å². The highest BCUT2D eigenvalue weighted by molar-refractivity contribution is 5.48. The van der Waals surface area contributed by atoms with Crippen molar-refractivity contribution in [1.82, 2.24) is 0 Å². The molecule has 86 valence electrons. The molecule has 2 rings (SSSR count). The van der Waals surface area contributed by atoms with Gasteiger partial charge >= 0.3 is 0 Å². The van der Waals surface area contributed by atoms with Gasteiger partial charge in [-0.05, 0) is 43.4 Å². The lowest BCUT2D eigenvalue weighted by atomic mass is 9.84. The summed E-state index contributed by atoms with van der Waals surface area (Å²) in [7, 11) is 0. The van der Waals surface area contributed by atoms with E-state index >= 15 is 0 Å². The summed E-state index contributed by atoms with van der Waals surface area (Å²) in [5, 5.41) is 3.24. The molecule has 0 bridgehead atoms. The van der Waals surface area contributed by atoms with Crippen LogP contribution in [0.1, 0.15) is 50.5 Å². The van der Waals surface area contributed by atoms with E-state index in [9.17, 15) is 0 Å². The Morgan fingerprint density at radius 2 is 1.75 bits per heavy atom. The minimum atomic E-state index is 0.799. The van der Waals surface area contributed by atoms with Crippen molar-refractivity contribution in [1.29, 1.82) is 0 Å². The summed E-state index contributed by atoms with van der Waals surface area (Å²) in [6, 6.07) is 8.86. The Bertz CT molecular complexity index is 344. The molecule has 1 fully saturated rings. The number of benzene rings is 1. The first kappa shape index (κ1) is 11.3. The average molecular weight is 215 g/mol. The largest absolute Gasteiger partial charge is 0.360 e. The fourth-order valence-corrected chi connectivity index (χ4v) is 2.52. The molecule has 1 aliphatic carbocycles. The summed E-state index contributed by atoms with van der Waals surface area (Å²) in [5.41, 5.74) is 3.64. The zero-order valence-corrected chi connectivity index (χ0v) is 10.1. The quantitative estimate of drug-likeness (QED) is 0.772. The fraction of sp³-hybridized carbons (Fsp3) is 0.467. The second-order valence-corrected chi connectivity index (χ2v) is 4.86. The summed E-state index contributed by atoms with van der Waals surface area (Å²) >= 11 is 0. The van der Waals surface area contributed by atoms with Crippen LogP contribution in [0.3, 0.4) is 0 Å². The molecule has 0 aromatic heterocycles. The van der Waals surface area contributed by atoms with Crippen LogP contribution in [-0.2, 0) is 0 Å². The molecule has 1 saturated carbocycles. The van der Waals surface area contributed by atoms with Crippen LogP contribution in [0, 0.1) is 0 Å². The van der Waals surface area contributed by atoms with E-state index in [2.05, 4.69) is 36.2 Å². The Labute approximate surface area is 98.6 Å². The normalized spacial score (nSPS) is 17.1. The van der Waals surface area contributed by atoms with Gasteiger partial charge in [0, 0.05) is 11.4 Å². The predicted octanol–water partition coefficient (Wildman–Crippen LogP) is 4.68. The molecule has 0 atom stereocenters. The lowest BCUT2D eigenvalue weighted by molar-refractivity contribution is 0.443. The van der Waals surface area contributed by atoms with Crippen molar-refractivity contribution >= 4 is 5.69 Å². The van der Waals surface area contributed by atoms with Crippen molar-refractivity contribution in [2.75, 3.05) is 5.32 Å². The van der Waals surface area contributed by atoms with Gasteiger partial charge in [-0.3, -0.25) is 0 Å². The standard InChI is InChI=1S/C15H21N/c1-12(2)16-15-10-8-14(9-11-15)13-6-4-3-5-7-13/h8-11,13,16H,1,3-7H2,2H3. The highest BCUT2D eigenvalue weighted by Gasteiger charge is 2.14. The Morgan fingerprint density at radius 3 is 2.31 bits per heavy atom. The monoisotopic (exact) mass is 215 g/mol. The predicted molar refractivity (Wildman–Crippen MR) is 70.7 cm³/mol. The lowest BCUT2D eigenvalue weighted by Gasteiger charge is -2.22. The van der Waals surface area contributed by atoms with E-state index in [0.717, 1.165) is 17.3 Å². The number of hydrogen-bond donors (Lipinski definition) is 1. The van der Waals surface area contributed by atoms with Gasteiger partial charge in [0.2, 0.25) is 0 Å². The molecule has 0 amide bonds. The van der Waals surface area contributed by atoms with E-state index in [4.69, 9.17) is 0 Å². The minimum Gasteiger partial charge on any atom is -0.360 e. The van der Waals surface area contributed by atoms with E-state index < -0.39 is 0 Å². The molecule has 1 aromatic rings. The number of anilines is 1. The third kappa shape index (κ3) is 2.88. The molecular weight excluding hydrogens is 194 g/mol. The molecule has 1 N–H and O–H groups in total. The Kier molecular flexibility index (Phi) is 3.66. The SMILES string of the molecule is C=C(C)Nc1ccc(C2CCCCC2)cc1. The van der Waals surface area contributed by atoms with Crippen molar-refractivity contribution < 1.29 is 0 Å². The van der Waals surface area contributed by atoms with Crippen LogP contribution in [0.4, 0.5) is 5.69 Å². The van der Waals surface area contributed by atoms with Crippen LogP contribution >= 0.6 is 0 Å². The van der Waals surface area contributed by atoms with Crippen molar-refractivity contribution in [2.24, 2.45) is 0 Å². The summed E-state index contributed by atoms with van der Waals surface area (Å²) < 4.78 is 0. The van der Waals surface area contributed by atoms with E-state index in [1.54, 1.807) is 0 Å². The Balaban J connectivity index is 2.03. The molecule has 0 radical (unpaired) electrons.